The fourth-order valence-electron chi connectivity index (χ4n) is 3.33. The van der Waals surface area contributed by atoms with Crippen molar-refractivity contribution in [1.82, 2.24) is 4.31 Å². The standard InChI is InChI=1S/C22H36N2O2SSi/c1-21(2,3)27(25)24(15-16-26-28(8,9)22(4,5)6)20-14-13-17-18(20)11-10-12-19(17)23-7/h10-12,20H,13-16H2,1-6,8-9H3/t20-,27?/m0/s1. The summed E-state index contributed by atoms with van der Waals surface area (Å²) in [6.07, 6.45) is 1.78. The molecule has 0 amide bonds. The first-order valence-corrected chi connectivity index (χ1v) is 14.1. The van der Waals surface area contributed by atoms with Crippen LogP contribution in [0.5, 0.6) is 0 Å². The molecule has 0 aromatic heterocycles. The van der Waals surface area contributed by atoms with Crippen LogP contribution < -0.4 is 0 Å². The average molecular weight is 421 g/mol. The summed E-state index contributed by atoms with van der Waals surface area (Å²) >= 11 is 0. The van der Waals surface area contributed by atoms with E-state index >= 15 is 0 Å². The third-order valence-corrected chi connectivity index (χ3v) is 12.4. The summed E-state index contributed by atoms with van der Waals surface area (Å²) in [6, 6.07) is 6.03. The molecular weight excluding hydrogens is 384 g/mol. The second-order valence-electron chi connectivity index (χ2n) is 10.1. The Morgan fingerprint density at radius 2 is 1.89 bits per heavy atom. The van der Waals surface area contributed by atoms with E-state index in [9.17, 15) is 4.21 Å². The largest absolute Gasteiger partial charge is 0.415 e. The predicted molar refractivity (Wildman–Crippen MR) is 122 cm³/mol. The monoisotopic (exact) mass is 420 g/mol. The second-order valence-corrected chi connectivity index (χ2v) is 17.1. The minimum Gasteiger partial charge on any atom is -0.415 e. The fraction of sp³-hybridized carbons (Fsp3) is 0.682. The number of nitrogens with zero attached hydrogens (tertiary/aromatic N) is 2. The van der Waals surface area contributed by atoms with E-state index in [1.165, 1.54) is 5.56 Å². The molecule has 156 valence electrons. The zero-order valence-corrected chi connectivity index (χ0v) is 20.6. The molecule has 0 saturated heterocycles. The zero-order valence-electron chi connectivity index (χ0n) is 18.8. The highest BCUT2D eigenvalue weighted by atomic mass is 32.2. The molecule has 28 heavy (non-hydrogen) atoms. The van der Waals surface area contributed by atoms with Crippen molar-refractivity contribution < 1.29 is 8.63 Å². The molecule has 0 bridgehead atoms. The third kappa shape index (κ3) is 4.94. The highest BCUT2D eigenvalue weighted by Gasteiger charge is 2.39. The maximum absolute atomic E-state index is 13.4. The van der Waals surface area contributed by atoms with Crippen molar-refractivity contribution in [3.05, 3.63) is 40.7 Å². The van der Waals surface area contributed by atoms with Gasteiger partial charge in [-0.1, -0.05) is 39.0 Å². The normalized spacial score (nSPS) is 18.8. The maximum Gasteiger partial charge on any atom is 0.192 e. The van der Waals surface area contributed by atoms with Gasteiger partial charge in [-0.25, -0.2) is 13.4 Å². The SMILES string of the molecule is [C-]#[N+]c1cccc2c1CC[C@@H]2N(CCO[Si](C)(C)C(C)(C)C)S(=O)C(C)(C)C. The zero-order chi connectivity index (χ0) is 21.3. The highest BCUT2D eigenvalue weighted by molar-refractivity contribution is 7.84. The molecule has 0 heterocycles. The number of benzene rings is 1. The van der Waals surface area contributed by atoms with Gasteiger partial charge >= 0.3 is 0 Å². The topological polar surface area (TPSA) is 33.9 Å². The molecule has 0 saturated carbocycles. The molecule has 1 aliphatic carbocycles. The van der Waals surface area contributed by atoms with Crippen LogP contribution in [0.1, 0.15) is 65.1 Å². The van der Waals surface area contributed by atoms with E-state index in [2.05, 4.69) is 49.1 Å². The lowest BCUT2D eigenvalue weighted by Crippen LogP contribution is -2.45. The smallest absolute Gasteiger partial charge is 0.192 e. The molecule has 1 aromatic rings. The molecule has 0 fully saturated rings. The Balaban J connectivity index is 2.27. The Bertz CT molecular complexity index is 772. The van der Waals surface area contributed by atoms with Gasteiger partial charge in [0.1, 0.15) is 11.0 Å². The van der Waals surface area contributed by atoms with Crippen molar-refractivity contribution in [2.24, 2.45) is 0 Å². The highest BCUT2D eigenvalue weighted by Crippen LogP contribution is 2.42. The molecule has 0 N–H and O–H groups in total. The first-order valence-electron chi connectivity index (χ1n) is 10.1. The van der Waals surface area contributed by atoms with Crippen molar-refractivity contribution >= 4 is 25.0 Å². The molecule has 1 aromatic carbocycles. The Labute approximate surface area is 175 Å². The van der Waals surface area contributed by atoms with Gasteiger partial charge in [0.05, 0.1) is 11.3 Å². The average Bonchev–Trinajstić information content (AvgIpc) is 3.00. The Morgan fingerprint density at radius 1 is 1.25 bits per heavy atom. The van der Waals surface area contributed by atoms with Crippen LogP contribution >= 0.6 is 0 Å². The van der Waals surface area contributed by atoms with E-state index < -0.39 is 19.3 Å². The molecule has 2 atom stereocenters. The minimum absolute atomic E-state index is 0.0831. The van der Waals surface area contributed by atoms with Crippen molar-refractivity contribution in [2.45, 2.75) is 83.3 Å². The van der Waals surface area contributed by atoms with E-state index in [0.717, 1.165) is 24.1 Å². The molecule has 2 rings (SSSR count). The summed E-state index contributed by atoms with van der Waals surface area (Å²) in [5, 5.41) is 0.158. The lowest BCUT2D eigenvalue weighted by Gasteiger charge is -2.38. The van der Waals surface area contributed by atoms with E-state index in [1.807, 2.05) is 32.9 Å². The third-order valence-electron chi connectivity index (χ3n) is 6.00. The molecule has 6 heteroatoms. The summed E-state index contributed by atoms with van der Waals surface area (Å²) in [5.74, 6) is 0. The molecule has 1 aliphatic rings. The van der Waals surface area contributed by atoms with Gasteiger partial charge in [0.25, 0.3) is 0 Å². The molecule has 0 spiro atoms. The first kappa shape index (κ1) is 23.3. The van der Waals surface area contributed by atoms with Gasteiger partial charge in [-0.15, -0.1) is 0 Å². The second kappa shape index (κ2) is 8.39. The lowest BCUT2D eigenvalue weighted by molar-refractivity contribution is 0.230. The van der Waals surface area contributed by atoms with E-state index in [4.69, 9.17) is 11.0 Å². The van der Waals surface area contributed by atoms with Crippen molar-refractivity contribution in [2.75, 3.05) is 13.2 Å². The van der Waals surface area contributed by atoms with Gasteiger partial charge in [-0.3, -0.25) is 0 Å². The Hall–Kier alpha value is -1.00. The van der Waals surface area contributed by atoms with E-state index in [1.54, 1.807) is 0 Å². The van der Waals surface area contributed by atoms with Gasteiger partial charge in [-0.05, 0) is 62.9 Å². The van der Waals surface area contributed by atoms with Gasteiger partial charge in [0.2, 0.25) is 0 Å². The molecule has 4 nitrogen and oxygen atoms in total. The number of fused-ring (bicyclic) bond motifs is 1. The summed E-state index contributed by atoms with van der Waals surface area (Å²) < 4.78 is 21.6. The van der Waals surface area contributed by atoms with Crippen LogP contribution in [-0.4, -0.2) is 34.7 Å². The van der Waals surface area contributed by atoms with Crippen molar-refractivity contribution in [3.8, 4) is 0 Å². The Kier molecular flexibility index (Phi) is 6.98. The van der Waals surface area contributed by atoms with Crippen molar-refractivity contribution in [3.63, 3.8) is 0 Å². The summed E-state index contributed by atoms with van der Waals surface area (Å²) in [4.78, 5) is 3.69. The van der Waals surface area contributed by atoms with Gasteiger partial charge in [0, 0.05) is 19.2 Å². The number of rotatable bonds is 6. The van der Waals surface area contributed by atoms with Crippen molar-refractivity contribution in [1.29, 1.82) is 0 Å². The van der Waals surface area contributed by atoms with Gasteiger partial charge < -0.3 is 4.43 Å². The number of hydrogen-bond donors (Lipinski definition) is 0. The van der Waals surface area contributed by atoms with E-state index in [-0.39, 0.29) is 15.8 Å². The van der Waals surface area contributed by atoms with Crippen LogP contribution in [0.4, 0.5) is 5.69 Å². The molecule has 0 radical (unpaired) electrons. The summed E-state index contributed by atoms with van der Waals surface area (Å²) in [7, 11) is -2.98. The van der Waals surface area contributed by atoms with Crippen LogP contribution in [0.2, 0.25) is 18.1 Å². The molecular formula is C22H36N2O2SSi. The molecule has 1 unspecified atom stereocenters. The Morgan fingerprint density at radius 3 is 2.43 bits per heavy atom. The maximum atomic E-state index is 13.4. The first-order chi connectivity index (χ1) is 12.8. The number of hydrogen-bond acceptors (Lipinski definition) is 2. The van der Waals surface area contributed by atoms with Crippen LogP contribution in [-0.2, 0) is 21.8 Å². The fourth-order valence-corrected chi connectivity index (χ4v) is 5.76. The van der Waals surface area contributed by atoms with E-state index in [0.29, 0.717) is 13.2 Å². The van der Waals surface area contributed by atoms with Gasteiger partial charge in [-0.2, -0.15) is 0 Å². The van der Waals surface area contributed by atoms with Crippen LogP contribution in [0.25, 0.3) is 4.85 Å². The molecule has 0 aliphatic heterocycles. The minimum atomic E-state index is -1.84. The quantitative estimate of drug-likeness (QED) is 0.417. The van der Waals surface area contributed by atoms with Crippen LogP contribution in [0, 0.1) is 6.57 Å². The van der Waals surface area contributed by atoms with Gasteiger partial charge in [0.15, 0.2) is 14.0 Å². The lowest BCUT2D eigenvalue weighted by atomic mass is 10.1. The summed E-state index contributed by atoms with van der Waals surface area (Å²) in [5.41, 5.74) is 3.03. The predicted octanol–water partition coefficient (Wildman–Crippen LogP) is 6.01. The van der Waals surface area contributed by atoms with Crippen LogP contribution in [0.15, 0.2) is 18.2 Å². The summed E-state index contributed by atoms with van der Waals surface area (Å²) in [6.45, 7) is 26.0. The van der Waals surface area contributed by atoms with Crippen LogP contribution in [0.3, 0.4) is 0 Å².